The SMILES string of the molecule is CS(=O)(=O)N[C@H]1C[C@@H](c2nc(-c3ccccc3)n[nH]2)N(C(=O)c2cocn2)C1. The van der Waals surface area contributed by atoms with Crippen molar-refractivity contribution in [2.75, 3.05) is 12.8 Å². The number of carbonyl (C=O) groups is 1. The summed E-state index contributed by atoms with van der Waals surface area (Å²) in [5, 5.41) is 7.12. The summed E-state index contributed by atoms with van der Waals surface area (Å²) in [5.41, 5.74) is 0.982. The second kappa shape index (κ2) is 7.17. The molecule has 10 nitrogen and oxygen atoms in total. The highest BCUT2D eigenvalue weighted by Crippen LogP contribution is 2.32. The van der Waals surface area contributed by atoms with Gasteiger partial charge in [-0.25, -0.2) is 23.1 Å². The van der Waals surface area contributed by atoms with Gasteiger partial charge in [0.2, 0.25) is 10.0 Å². The molecule has 11 heteroatoms. The quantitative estimate of drug-likeness (QED) is 0.649. The molecule has 2 atom stereocenters. The van der Waals surface area contributed by atoms with Crippen molar-refractivity contribution in [1.82, 2.24) is 29.8 Å². The minimum absolute atomic E-state index is 0.146. The molecule has 2 N–H and O–H groups in total. The fourth-order valence-corrected chi connectivity index (χ4v) is 4.09. The third-order valence-electron chi connectivity index (χ3n) is 4.44. The van der Waals surface area contributed by atoms with Crippen molar-refractivity contribution < 1.29 is 17.6 Å². The van der Waals surface area contributed by atoms with Gasteiger partial charge < -0.3 is 9.32 Å². The van der Waals surface area contributed by atoms with Gasteiger partial charge in [0.25, 0.3) is 5.91 Å². The van der Waals surface area contributed by atoms with Crippen LogP contribution in [0.1, 0.15) is 28.8 Å². The zero-order valence-electron chi connectivity index (χ0n) is 14.9. The average molecular weight is 402 g/mol. The first-order valence-electron chi connectivity index (χ1n) is 8.55. The van der Waals surface area contributed by atoms with Crippen LogP contribution in [0.3, 0.4) is 0 Å². The molecular formula is C17H18N6O4S. The predicted octanol–water partition coefficient (Wildman–Crippen LogP) is 0.965. The molecule has 1 aliphatic rings. The van der Waals surface area contributed by atoms with Gasteiger partial charge in [-0.05, 0) is 6.42 Å². The highest BCUT2D eigenvalue weighted by atomic mass is 32.2. The molecule has 146 valence electrons. The zero-order valence-corrected chi connectivity index (χ0v) is 15.8. The summed E-state index contributed by atoms with van der Waals surface area (Å²) in [5.74, 6) is 0.617. The summed E-state index contributed by atoms with van der Waals surface area (Å²) >= 11 is 0. The maximum absolute atomic E-state index is 12.8. The Balaban J connectivity index is 1.64. The standard InChI is InChI=1S/C17H18N6O4S/c1-28(25,26)22-12-7-14(23(8-12)17(24)13-9-27-10-18-13)16-19-15(20-21-16)11-5-3-2-4-6-11/h2-6,9-10,12,14,22H,7-8H2,1H3,(H,19,20,21)/t12-,14-/m0/s1. The van der Waals surface area contributed by atoms with Crippen LogP contribution in [0.4, 0.5) is 0 Å². The molecule has 0 radical (unpaired) electrons. The highest BCUT2D eigenvalue weighted by Gasteiger charge is 2.40. The van der Waals surface area contributed by atoms with E-state index in [0.29, 0.717) is 18.1 Å². The molecule has 3 heterocycles. The summed E-state index contributed by atoms with van der Waals surface area (Å²) in [6.45, 7) is 0.185. The molecule has 1 saturated heterocycles. The van der Waals surface area contributed by atoms with Crippen molar-refractivity contribution in [3.8, 4) is 11.4 Å². The Bertz CT molecular complexity index is 1060. The van der Waals surface area contributed by atoms with Gasteiger partial charge in [-0.1, -0.05) is 30.3 Å². The second-order valence-electron chi connectivity index (χ2n) is 6.58. The summed E-state index contributed by atoms with van der Waals surface area (Å²) in [4.78, 5) is 22.8. The van der Waals surface area contributed by atoms with Crippen LogP contribution in [0.25, 0.3) is 11.4 Å². The Morgan fingerprint density at radius 3 is 2.79 bits per heavy atom. The summed E-state index contributed by atoms with van der Waals surface area (Å²) in [7, 11) is -3.42. The number of amides is 1. The van der Waals surface area contributed by atoms with E-state index in [2.05, 4.69) is 24.9 Å². The van der Waals surface area contributed by atoms with Crippen LogP contribution in [-0.2, 0) is 10.0 Å². The van der Waals surface area contributed by atoms with Crippen LogP contribution in [-0.4, -0.2) is 58.2 Å². The molecule has 1 aromatic carbocycles. The summed E-state index contributed by atoms with van der Waals surface area (Å²) in [6.07, 6.45) is 3.88. The smallest absolute Gasteiger partial charge is 0.276 e. The number of H-pyrrole nitrogens is 1. The maximum Gasteiger partial charge on any atom is 0.276 e. The molecule has 0 unspecified atom stereocenters. The van der Waals surface area contributed by atoms with E-state index in [0.717, 1.165) is 11.8 Å². The number of aromatic nitrogens is 4. The van der Waals surface area contributed by atoms with Crippen LogP contribution in [0.5, 0.6) is 0 Å². The van der Waals surface area contributed by atoms with Gasteiger partial charge in [-0.15, -0.1) is 0 Å². The van der Waals surface area contributed by atoms with E-state index < -0.39 is 22.1 Å². The van der Waals surface area contributed by atoms with E-state index in [1.807, 2.05) is 30.3 Å². The van der Waals surface area contributed by atoms with Gasteiger partial charge in [-0.2, -0.15) is 5.10 Å². The lowest BCUT2D eigenvalue weighted by Crippen LogP contribution is -2.38. The lowest BCUT2D eigenvalue weighted by molar-refractivity contribution is 0.0722. The third kappa shape index (κ3) is 3.80. The molecule has 2 aromatic heterocycles. The fourth-order valence-electron chi connectivity index (χ4n) is 3.31. The third-order valence-corrected chi connectivity index (χ3v) is 5.21. The molecule has 1 amide bonds. The Labute approximate surface area is 161 Å². The van der Waals surface area contributed by atoms with E-state index >= 15 is 0 Å². The second-order valence-corrected chi connectivity index (χ2v) is 8.36. The predicted molar refractivity (Wildman–Crippen MR) is 98.5 cm³/mol. The molecular weight excluding hydrogens is 384 g/mol. The lowest BCUT2D eigenvalue weighted by atomic mass is 10.1. The van der Waals surface area contributed by atoms with Crippen molar-refractivity contribution in [3.05, 3.63) is 54.5 Å². The van der Waals surface area contributed by atoms with E-state index in [4.69, 9.17) is 4.42 Å². The molecule has 28 heavy (non-hydrogen) atoms. The first-order valence-corrected chi connectivity index (χ1v) is 10.4. The fraction of sp³-hybridized carbons (Fsp3) is 0.294. The number of hydrogen-bond acceptors (Lipinski definition) is 7. The largest absolute Gasteiger partial charge is 0.451 e. The Morgan fingerprint density at radius 2 is 2.11 bits per heavy atom. The number of oxazole rings is 1. The number of benzene rings is 1. The lowest BCUT2D eigenvalue weighted by Gasteiger charge is -2.21. The van der Waals surface area contributed by atoms with Crippen LogP contribution in [0.2, 0.25) is 0 Å². The van der Waals surface area contributed by atoms with Gasteiger partial charge in [-0.3, -0.25) is 9.89 Å². The highest BCUT2D eigenvalue weighted by molar-refractivity contribution is 7.88. The van der Waals surface area contributed by atoms with E-state index in [-0.39, 0.29) is 18.1 Å². The summed E-state index contributed by atoms with van der Waals surface area (Å²) < 4.78 is 30.8. The van der Waals surface area contributed by atoms with Gasteiger partial charge in [0.1, 0.15) is 12.1 Å². The van der Waals surface area contributed by atoms with Crippen LogP contribution < -0.4 is 4.72 Å². The Hall–Kier alpha value is -3.05. The van der Waals surface area contributed by atoms with Crippen LogP contribution >= 0.6 is 0 Å². The molecule has 0 bridgehead atoms. The summed E-state index contributed by atoms with van der Waals surface area (Å²) in [6, 6.07) is 8.51. The van der Waals surface area contributed by atoms with Crippen molar-refractivity contribution >= 4 is 15.9 Å². The van der Waals surface area contributed by atoms with Gasteiger partial charge in [0.15, 0.2) is 17.9 Å². The number of nitrogens with one attached hydrogen (secondary N) is 2. The molecule has 4 rings (SSSR count). The average Bonchev–Trinajstić information content (AvgIpc) is 3.40. The van der Waals surface area contributed by atoms with E-state index in [9.17, 15) is 13.2 Å². The number of likely N-dealkylation sites (tertiary alicyclic amines) is 1. The number of aromatic amines is 1. The van der Waals surface area contributed by atoms with Gasteiger partial charge >= 0.3 is 0 Å². The molecule has 0 aliphatic carbocycles. The maximum atomic E-state index is 12.8. The van der Waals surface area contributed by atoms with Crippen molar-refractivity contribution in [3.63, 3.8) is 0 Å². The first-order chi connectivity index (χ1) is 13.4. The number of carbonyl (C=O) groups excluding carboxylic acids is 1. The van der Waals surface area contributed by atoms with Crippen LogP contribution in [0, 0.1) is 0 Å². The Kier molecular flexibility index (Phi) is 4.69. The number of nitrogens with zero attached hydrogens (tertiary/aromatic N) is 4. The Morgan fingerprint density at radius 1 is 1.32 bits per heavy atom. The molecule has 0 saturated carbocycles. The molecule has 1 aliphatic heterocycles. The van der Waals surface area contributed by atoms with Gasteiger partial charge in [0.05, 0.1) is 12.3 Å². The molecule has 0 spiro atoms. The number of hydrogen-bond donors (Lipinski definition) is 2. The van der Waals surface area contributed by atoms with Gasteiger partial charge in [0, 0.05) is 18.2 Å². The van der Waals surface area contributed by atoms with E-state index in [1.165, 1.54) is 17.6 Å². The normalized spacial score (nSPS) is 19.8. The molecule has 3 aromatic rings. The van der Waals surface area contributed by atoms with Crippen molar-refractivity contribution in [2.24, 2.45) is 0 Å². The monoisotopic (exact) mass is 402 g/mol. The van der Waals surface area contributed by atoms with Crippen molar-refractivity contribution in [1.29, 1.82) is 0 Å². The topological polar surface area (TPSA) is 134 Å². The van der Waals surface area contributed by atoms with E-state index in [1.54, 1.807) is 0 Å². The number of rotatable bonds is 5. The van der Waals surface area contributed by atoms with Crippen LogP contribution in [0.15, 0.2) is 47.4 Å². The molecule has 1 fully saturated rings. The number of sulfonamides is 1. The minimum atomic E-state index is -3.42. The van der Waals surface area contributed by atoms with Crippen molar-refractivity contribution in [2.45, 2.75) is 18.5 Å². The first kappa shape index (κ1) is 18.3. The minimum Gasteiger partial charge on any atom is -0.451 e. The zero-order chi connectivity index (χ0) is 19.7.